The first-order valence-electron chi connectivity index (χ1n) is 11.0. The van der Waals surface area contributed by atoms with Gasteiger partial charge in [-0.15, -0.1) is 5.10 Å². The van der Waals surface area contributed by atoms with Crippen LogP contribution in [0.3, 0.4) is 0 Å². The fraction of sp³-hybridized carbons (Fsp3) is 0.250. The molecule has 2 aromatic carbocycles. The minimum atomic E-state index is -1.30. The third-order valence-corrected chi connectivity index (χ3v) is 6.31. The largest absolute Gasteiger partial charge is 0.337 e. The molecule has 2 aliphatic heterocycles. The molecule has 0 spiro atoms. The number of nitrogens with one attached hydrogen (secondary N) is 1. The number of hydrogen-bond donors (Lipinski definition) is 1. The highest BCUT2D eigenvalue weighted by molar-refractivity contribution is 6.09. The average Bonchev–Trinajstić information content (AvgIpc) is 3.49. The van der Waals surface area contributed by atoms with E-state index in [2.05, 4.69) is 20.8 Å². The van der Waals surface area contributed by atoms with Gasteiger partial charge in [0.05, 0.1) is 5.69 Å². The predicted octanol–water partition coefficient (Wildman–Crippen LogP) is 1.75. The van der Waals surface area contributed by atoms with Gasteiger partial charge in [-0.05, 0) is 52.6 Å². The van der Waals surface area contributed by atoms with Crippen molar-refractivity contribution in [3.05, 3.63) is 78.1 Å². The molecule has 1 fully saturated rings. The van der Waals surface area contributed by atoms with Crippen LogP contribution in [0.4, 0.5) is 4.79 Å². The number of hydrogen-bond acceptors (Lipinski definition) is 6. The summed E-state index contributed by atoms with van der Waals surface area (Å²) in [5.41, 5.74) is 2.25. The minimum Gasteiger partial charge on any atom is -0.337 e. The molecule has 3 heterocycles. The quantitative estimate of drug-likeness (QED) is 0.584. The van der Waals surface area contributed by atoms with Crippen molar-refractivity contribution in [2.24, 2.45) is 0 Å². The highest BCUT2D eigenvalue weighted by Crippen LogP contribution is 2.30. The van der Waals surface area contributed by atoms with Crippen LogP contribution in [0.25, 0.3) is 11.3 Å². The van der Waals surface area contributed by atoms with Crippen LogP contribution in [0.1, 0.15) is 24.5 Å². The molecule has 10 nitrogen and oxygen atoms in total. The Morgan fingerprint density at radius 1 is 1.12 bits per heavy atom. The van der Waals surface area contributed by atoms with Crippen LogP contribution in [0, 0.1) is 0 Å². The van der Waals surface area contributed by atoms with Gasteiger partial charge in [-0.25, -0.2) is 9.48 Å². The highest BCUT2D eigenvalue weighted by Gasteiger charge is 2.49. The number of carbonyl (C=O) groups excluding carboxylic acids is 3. The molecule has 4 amide bonds. The van der Waals surface area contributed by atoms with Crippen LogP contribution in [0.15, 0.2) is 67.0 Å². The molecule has 34 heavy (non-hydrogen) atoms. The van der Waals surface area contributed by atoms with E-state index in [1.165, 1.54) is 16.6 Å². The molecule has 5 rings (SSSR count). The molecule has 3 aromatic rings. The maximum Gasteiger partial charge on any atom is 0.325 e. The molecule has 1 aromatic heterocycles. The molecule has 2 aliphatic rings. The van der Waals surface area contributed by atoms with Crippen LogP contribution in [-0.4, -0.2) is 67.5 Å². The number of rotatable bonds is 5. The van der Waals surface area contributed by atoms with Gasteiger partial charge in [-0.2, -0.15) is 0 Å². The van der Waals surface area contributed by atoms with E-state index in [1.807, 2.05) is 36.4 Å². The Bertz CT molecular complexity index is 1270. The van der Waals surface area contributed by atoms with Gasteiger partial charge in [0.2, 0.25) is 5.91 Å². The molecule has 0 radical (unpaired) electrons. The lowest BCUT2D eigenvalue weighted by Gasteiger charge is -2.28. The first-order chi connectivity index (χ1) is 16.5. The minimum absolute atomic E-state index is 0.265. The predicted molar refractivity (Wildman–Crippen MR) is 122 cm³/mol. The number of aromatic nitrogens is 4. The lowest BCUT2D eigenvalue weighted by Crippen LogP contribution is -2.45. The lowest BCUT2D eigenvalue weighted by molar-refractivity contribution is -0.138. The molecule has 1 N–H and O–H groups in total. The van der Waals surface area contributed by atoms with Crippen LogP contribution < -0.4 is 5.32 Å². The summed E-state index contributed by atoms with van der Waals surface area (Å²) >= 11 is 0. The lowest BCUT2D eigenvalue weighted by atomic mass is 9.91. The monoisotopic (exact) mass is 457 g/mol. The van der Waals surface area contributed by atoms with E-state index in [0.717, 1.165) is 16.9 Å². The zero-order valence-corrected chi connectivity index (χ0v) is 18.6. The van der Waals surface area contributed by atoms with E-state index in [-0.39, 0.29) is 12.5 Å². The fourth-order valence-electron chi connectivity index (χ4n) is 4.32. The molecular formula is C24H23N7O3. The molecule has 0 bridgehead atoms. The SMILES string of the molecule is C[C@@]1(c2cccc(-n3cnnn3)c2)NC(=O)N(CC(=O)N2CC=C(c3ccccc3)CC2)C1=O. The van der Waals surface area contributed by atoms with E-state index in [0.29, 0.717) is 24.3 Å². The average molecular weight is 457 g/mol. The Labute approximate surface area is 195 Å². The standard InChI is InChI=1S/C24H23N7O3/c1-24(19-8-5-9-20(14-19)31-16-25-27-28-31)22(33)30(23(34)26-24)15-21(32)29-12-10-18(11-13-29)17-6-3-2-4-7-17/h2-10,14,16H,11-13,15H2,1H3,(H,26,34)/t24-/m0/s1. The second-order valence-corrected chi connectivity index (χ2v) is 8.44. The van der Waals surface area contributed by atoms with E-state index in [4.69, 9.17) is 0 Å². The molecule has 0 saturated carbocycles. The first kappa shape index (κ1) is 21.5. The Hall–Kier alpha value is -4.34. The van der Waals surface area contributed by atoms with Crippen molar-refractivity contribution in [2.45, 2.75) is 18.9 Å². The van der Waals surface area contributed by atoms with Gasteiger partial charge in [0.25, 0.3) is 5.91 Å². The molecule has 0 unspecified atom stereocenters. The summed E-state index contributed by atoms with van der Waals surface area (Å²) in [6.07, 6.45) is 4.19. The Kier molecular flexibility index (Phi) is 5.40. The van der Waals surface area contributed by atoms with Gasteiger partial charge in [-0.1, -0.05) is 48.5 Å². The Morgan fingerprint density at radius 3 is 2.65 bits per heavy atom. The van der Waals surface area contributed by atoms with Crippen LogP contribution >= 0.6 is 0 Å². The van der Waals surface area contributed by atoms with Crippen molar-refractivity contribution in [1.29, 1.82) is 0 Å². The Morgan fingerprint density at radius 2 is 1.94 bits per heavy atom. The summed E-state index contributed by atoms with van der Waals surface area (Å²) in [5, 5.41) is 13.9. The number of carbonyl (C=O) groups is 3. The second-order valence-electron chi connectivity index (χ2n) is 8.44. The van der Waals surface area contributed by atoms with E-state index < -0.39 is 17.5 Å². The van der Waals surface area contributed by atoms with Crippen molar-refractivity contribution >= 4 is 23.4 Å². The summed E-state index contributed by atoms with van der Waals surface area (Å²) in [6, 6.07) is 16.5. The Balaban J connectivity index is 1.29. The van der Waals surface area contributed by atoms with Gasteiger partial charge in [-0.3, -0.25) is 14.5 Å². The van der Waals surface area contributed by atoms with E-state index in [1.54, 1.807) is 36.1 Å². The third kappa shape index (κ3) is 3.83. The number of imide groups is 1. The molecule has 172 valence electrons. The van der Waals surface area contributed by atoms with Crippen LogP contribution in [-0.2, 0) is 15.1 Å². The molecule has 0 aliphatic carbocycles. The summed E-state index contributed by atoms with van der Waals surface area (Å²) < 4.78 is 1.46. The molecular weight excluding hydrogens is 434 g/mol. The summed E-state index contributed by atoms with van der Waals surface area (Å²) in [6.45, 7) is 2.31. The van der Waals surface area contributed by atoms with Crippen molar-refractivity contribution in [2.75, 3.05) is 19.6 Å². The number of benzene rings is 2. The maximum atomic E-state index is 13.3. The van der Waals surface area contributed by atoms with Gasteiger partial charge in [0.1, 0.15) is 18.4 Å². The number of urea groups is 1. The number of nitrogens with zero attached hydrogens (tertiary/aromatic N) is 6. The van der Waals surface area contributed by atoms with Crippen molar-refractivity contribution in [1.82, 2.24) is 35.3 Å². The molecule has 1 saturated heterocycles. The molecule has 10 heteroatoms. The first-order valence-corrected chi connectivity index (χ1v) is 11.0. The number of amides is 4. The van der Waals surface area contributed by atoms with Crippen molar-refractivity contribution in [3.63, 3.8) is 0 Å². The second kappa shape index (κ2) is 8.54. The summed E-state index contributed by atoms with van der Waals surface area (Å²) in [4.78, 5) is 41.6. The summed E-state index contributed by atoms with van der Waals surface area (Å²) in [5.74, 6) is -0.740. The summed E-state index contributed by atoms with van der Waals surface area (Å²) in [7, 11) is 0. The zero-order chi connectivity index (χ0) is 23.7. The van der Waals surface area contributed by atoms with Gasteiger partial charge in [0.15, 0.2) is 0 Å². The van der Waals surface area contributed by atoms with Crippen molar-refractivity contribution in [3.8, 4) is 5.69 Å². The van der Waals surface area contributed by atoms with E-state index >= 15 is 0 Å². The van der Waals surface area contributed by atoms with Crippen LogP contribution in [0.5, 0.6) is 0 Å². The van der Waals surface area contributed by atoms with Gasteiger partial charge < -0.3 is 10.2 Å². The normalized spacial score (nSPS) is 20.3. The maximum absolute atomic E-state index is 13.3. The van der Waals surface area contributed by atoms with E-state index in [9.17, 15) is 14.4 Å². The van der Waals surface area contributed by atoms with Crippen molar-refractivity contribution < 1.29 is 14.4 Å². The van der Waals surface area contributed by atoms with Gasteiger partial charge >= 0.3 is 6.03 Å². The fourth-order valence-corrected chi connectivity index (χ4v) is 4.32. The third-order valence-electron chi connectivity index (χ3n) is 6.31. The van der Waals surface area contributed by atoms with Gasteiger partial charge in [0, 0.05) is 13.1 Å². The topological polar surface area (TPSA) is 113 Å². The highest BCUT2D eigenvalue weighted by atomic mass is 16.2. The zero-order valence-electron chi connectivity index (χ0n) is 18.6. The molecule has 1 atom stereocenters. The number of tetrazole rings is 1. The smallest absolute Gasteiger partial charge is 0.325 e. The van der Waals surface area contributed by atoms with Crippen LogP contribution in [0.2, 0.25) is 0 Å².